The Morgan fingerprint density at radius 1 is 1.31 bits per heavy atom. The lowest BCUT2D eigenvalue weighted by molar-refractivity contribution is 0.425. The van der Waals surface area contributed by atoms with Gasteiger partial charge in [-0.3, -0.25) is 0 Å². The predicted molar refractivity (Wildman–Crippen MR) is 46.0 cm³/mol. The molecule has 1 aromatic carbocycles. The summed E-state index contributed by atoms with van der Waals surface area (Å²) in [6.07, 6.45) is 1.20. The number of hydrogen-bond donors (Lipinski definition) is 2. The predicted octanol–water partition coefficient (Wildman–Crippen LogP) is 0.252. The fourth-order valence-electron chi connectivity index (χ4n) is 1.22. The maximum Gasteiger partial charge on any atom is 0.492 e. The second kappa shape index (κ2) is 2.87. The van der Waals surface area contributed by atoms with Gasteiger partial charge in [-0.25, -0.2) is 4.39 Å². The second-order valence-electron chi connectivity index (χ2n) is 2.71. The van der Waals surface area contributed by atoms with Crippen molar-refractivity contribution in [2.45, 2.75) is 0 Å². The molecule has 1 aromatic heterocycles. The topological polar surface area (TPSA) is 53.6 Å². The van der Waals surface area contributed by atoms with Crippen molar-refractivity contribution in [1.82, 2.24) is 0 Å². The highest BCUT2D eigenvalue weighted by molar-refractivity contribution is 6.61. The van der Waals surface area contributed by atoms with Crippen molar-refractivity contribution in [3.63, 3.8) is 0 Å². The van der Waals surface area contributed by atoms with E-state index in [1.54, 1.807) is 0 Å². The van der Waals surface area contributed by atoms with Crippen molar-refractivity contribution in [3.05, 3.63) is 30.3 Å². The van der Waals surface area contributed by atoms with Gasteiger partial charge in [0.1, 0.15) is 11.4 Å². The maximum atomic E-state index is 12.8. The summed E-state index contributed by atoms with van der Waals surface area (Å²) < 4.78 is 17.7. The minimum Gasteiger partial charge on any atom is -0.465 e. The van der Waals surface area contributed by atoms with E-state index in [-0.39, 0.29) is 5.46 Å². The molecule has 3 nitrogen and oxygen atoms in total. The Morgan fingerprint density at radius 3 is 2.77 bits per heavy atom. The first-order valence-electron chi connectivity index (χ1n) is 3.71. The summed E-state index contributed by atoms with van der Waals surface area (Å²) in [5, 5.41) is 18.1. The molecule has 0 spiro atoms. The maximum absolute atomic E-state index is 12.8. The normalized spacial score (nSPS) is 10.7. The third kappa shape index (κ3) is 1.32. The number of hydrogen-bond acceptors (Lipinski definition) is 3. The fraction of sp³-hybridized carbons (Fsp3) is 0. The molecule has 0 bridgehead atoms. The van der Waals surface area contributed by atoms with Crippen LogP contribution in [0.4, 0.5) is 4.39 Å². The van der Waals surface area contributed by atoms with E-state index in [0.29, 0.717) is 11.0 Å². The van der Waals surface area contributed by atoms with Crippen molar-refractivity contribution in [3.8, 4) is 0 Å². The molecule has 0 aliphatic carbocycles. The zero-order valence-electron chi connectivity index (χ0n) is 6.57. The van der Waals surface area contributed by atoms with E-state index in [1.807, 2.05) is 0 Å². The quantitative estimate of drug-likeness (QED) is 0.618. The molecule has 0 amide bonds. The molecule has 5 heteroatoms. The van der Waals surface area contributed by atoms with Crippen LogP contribution in [0.2, 0.25) is 0 Å². The Balaban J connectivity index is 2.71. The van der Waals surface area contributed by atoms with Gasteiger partial charge in [-0.05, 0) is 18.2 Å². The SMILES string of the molecule is OB(O)c1coc2ccc(F)cc12. The van der Waals surface area contributed by atoms with E-state index in [2.05, 4.69) is 0 Å². The summed E-state index contributed by atoms with van der Waals surface area (Å²) in [5.41, 5.74) is 0.610. The summed E-state index contributed by atoms with van der Waals surface area (Å²) in [5.74, 6) is -0.434. The molecule has 2 rings (SSSR count). The molecule has 66 valence electrons. The molecular formula is C8H6BFO3. The minimum absolute atomic E-state index is 0.175. The molecule has 0 unspecified atom stereocenters. The molecule has 0 fully saturated rings. The van der Waals surface area contributed by atoms with Crippen LogP contribution in [-0.4, -0.2) is 17.2 Å². The molecule has 2 N–H and O–H groups in total. The fourth-order valence-corrected chi connectivity index (χ4v) is 1.22. The molecule has 0 radical (unpaired) electrons. The van der Waals surface area contributed by atoms with Gasteiger partial charge in [-0.15, -0.1) is 0 Å². The highest BCUT2D eigenvalue weighted by atomic mass is 19.1. The first-order chi connectivity index (χ1) is 6.18. The van der Waals surface area contributed by atoms with Crippen LogP contribution in [0.25, 0.3) is 11.0 Å². The standard InChI is InChI=1S/C8H6BFO3/c10-5-1-2-8-6(3-5)7(4-13-8)9(11)12/h1-4,11-12H. The Labute approximate surface area is 73.6 Å². The summed E-state index contributed by atoms with van der Waals surface area (Å²) in [4.78, 5) is 0. The number of halogens is 1. The molecule has 2 aromatic rings. The number of fused-ring (bicyclic) bond motifs is 1. The molecule has 0 aliphatic heterocycles. The van der Waals surface area contributed by atoms with E-state index >= 15 is 0 Å². The Hall–Kier alpha value is -1.33. The van der Waals surface area contributed by atoms with Crippen LogP contribution in [0.15, 0.2) is 28.9 Å². The van der Waals surface area contributed by atoms with Gasteiger partial charge < -0.3 is 14.5 Å². The van der Waals surface area contributed by atoms with Gasteiger partial charge in [0.05, 0.1) is 6.26 Å². The largest absolute Gasteiger partial charge is 0.492 e. The van der Waals surface area contributed by atoms with E-state index in [0.717, 1.165) is 0 Å². The van der Waals surface area contributed by atoms with Gasteiger partial charge in [0.15, 0.2) is 0 Å². The average molecular weight is 180 g/mol. The zero-order chi connectivity index (χ0) is 9.42. The van der Waals surface area contributed by atoms with Crippen LogP contribution in [0.5, 0.6) is 0 Å². The number of furan rings is 1. The Morgan fingerprint density at radius 2 is 2.08 bits per heavy atom. The lowest BCUT2D eigenvalue weighted by atomic mass is 9.80. The van der Waals surface area contributed by atoms with Crippen LogP contribution in [0.1, 0.15) is 0 Å². The summed E-state index contributed by atoms with van der Waals surface area (Å²) in [6.45, 7) is 0. The van der Waals surface area contributed by atoms with Crippen LogP contribution >= 0.6 is 0 Å². The summed E-state index contributed by atoms with van der Waals surface area (Å²) in [7, 11) is -1.64. The van der Waals surface area contributed by atoms with Crippen molar-refractivity contribution < 1.29 is 18.9 Å². The van der Waals surface area contributed by atoms with Crippen LogP contribution in [0, 0.1) is 5.82 Å². The summed E-state index contributed by atoms with van der Waals surface area (Å²) in [6, 6.07) is 3.89. The highest BCUT2D eigenvalue weighted by Gasteiger charge is 2.17. The van der Waals surface area contributed by atoms with E-state index in [1.165, 1.54) is 24.5 Å². The zero-order valence-corrected chi connectivity index (χ0v) is 6.57. The lowest BCUT2D eigenvalue weighted by Gasteiger charge is -1.93. The Bertz CT molecular complexity index is 438. The smallest absolute Gasteiger partial charge is 0.465 e. The monoisotopic (exact) mass is 180 g/mol. The van der Waals surface area contributed by atoms with Crippen molar-refractivity contribution in [2.24, 2.45) is 0 Å². The van der Waals surface area contributed by atoms with Gasteiger partial charge in [0.2, 0.25) is 0 Å². The molecule has 0 saturated heterocycles. The summed E-state index contributed by atoms with van der Waals surface area (Å²) >= 11 is 0. The average Bonchev–Trinajstić information content (AvgIpc) is 2.46. The first kappa shape index (κ1) is 8.28. The van der Waals surface area contributed by atoms with Gasteiger partial charge in [-0.2, -0.15) is 0 Å². The third-order valence-electron chi connectivity index (χ3n) is 1.84. The van der Waals surface area contributed by atoms with Crippen LogP contribution < -0.4 is 5.46 Å². The van der Waals surface area contributed by atoms with Gasteiger partial charge in [-0.1, -0.05) is 0 Å². The first-order valence-corrected chi connectivity index (χ1v) is 3.71. The second-order valence-corrected chi connectivity index (χ2v) is 2.71. The van der Waals surface area contributed by atoms with Gasteiger partial charge >= 0.3 is 7.12 Å². The number of benzene rings is 1. The van der Waals surface area contributed by atoms with Crippen LogP contribution in [0.3, 0.4) is 0 Å². The van der Waals surface area contributed by atoms with E-state index < -0.39 is 12.9 Å². The Kier molecular flexibility index (Phi) is 1.83. The lowest BCUT2D eigenvalue weighted by Crippen LogP contribution is -2.28. The van der Waals surface area contributed by atoms with Crippen molar-refractivity contribution in [1.29, 1.82) is 0 Å². The molecule has 0 aliphatic rings. The molecule has 13 heavy (non-hydrogen) atoms. The van der Waals surface area contributed by atoms with E-state index in [9.17, 15) is 4.39 Å². The molecule has 0 atom stereocenters. The van der Waals surface area contributed by atoms with Gasteiger partial charge in [0, 0.05) is 10.8 Å². The van der Waals surface area contributed by atoms with Gasteiger partial charge in [0.25, 0.3) is 0 Å². The van der Waals surface area contributed by atoms with Crippen LogP contribution in [-0.2, 0) is 0 Å². The molecule has 0 saturated carbocycles. The van der Waals surface area contributed by atoms with Crippen molar-refractivity contribution >= 4 is 23.6 Å². The minimum atomic E-state index is -1.64. The van der Waals surface area contributed by atoms with Crippen molar-refractivity contribution in [2.75, 3.05) is 0 Å². The highest BCUT2D eigenvalue weighted by Crippen LogP contribution is 2.14. The molecular weight excluding hydrogens is 174 g/mol. The number of rotatable bonds is 1. The third-order valence-corrected chi connectivity index (χ3v) is 1.84. The van der Waals surface area contributed by atoms with E-state index in [4.69, 9.17) is 14.5 Å². The molecule has 1 heterocycles.